The number of Topliss-reactive ketones (excluding diaryl/α,β-unsaturated/α-hetero) is 1. The average molecular weight is 895 g/mol. The highest BCUT2D eigenvalue weighted by molar-refractivity contribution is 8.76. The van der Waals surface area contributed by atoms with Crippen LogP contribution in [0.5, 0.6) is 0 Å². The number of amides is 4. The molecule has 2 rings (SSSR count). The molecule has 1 aromatic carbocycles. The normalized spacial score (nSPS) is 19.8. The van der Waals surface area contributed by atoms with Gasteiger partial charge in [-0.2, -0.15) is 0 Å². The summed E-state index contributed by atoms with van der Waals surface area (Å²) in [7, 11) is 9.74. The van der Waals surface area contributed by atoms with E-state index in [9.17, 15) is 29.1 Å². The first-order chi connectivity index (χ1) is 28.9. The number of ketones is 1. The number of nitrogens with one attached hydrogen (secondary N) is 2. The van der Waals surface area contributed by atoms with E-state index < -0.39 is 60.4 Å². The van der Waals surface area contributed by atoms with Crippen molar-refractivity contribution in [2.75, 3.05) is 46.4 Å². The Hall–Kier alpha value is -2.85. The van der Waals surface area contributed by atoms with Gasteiger partial charge in [0.1, 0.15) is 24.5 Å². The summed E-state index contributed by atoms with van der Waals surface area (Å²) in [5.74, 6) is -1.19. The number of nitrogens with zero attached hydrogens (tertiary/aromatic N) is 2. The summed E-state index contributed by atoms with van der Waals surface area (Å²) in [5, 5.41) is 16.8. The fourth-order valence-corrected chi connectivity index (χ4v) is 10.6. The van der Waals surface area contributed by atoms with Gasteiger partial charge >= 0.3 is 6.09 Å². The minimum absolute atomic E-state index is 0.00672. The molecule has 61 heavy (non-hydrogen) atoms. The summed E-state index contributed by atoms with van der Waals surface area (Å²) in [5.41, 5.74) is 0.706. The van der Waals surface area contributed by atoms with Crippen LogP contribution < -0.4 is 10.6 Å². The Bertz CT molecular complexity index is 1500. The molecule has 0 aliphatic heterocycles. The van der Waals surface area contributed by atoms with Crippen LogP contribution >= 0.6 is 21.6 Å². The van der Waals surface area contributed by atoms with Crippen molar-refractivity contribution in [3.8, 4) is 0 Å². The van der Waals surface area contributed by atoms with Gasteiger partial charge in [-0.15, -0.1) is 0 Å². The molecular weight excluding hydrogens is 817 g/mol. The number of carbonyl (C=O) groups is 5. The average Bonchev–Trinajstić information content (AvgIpc) is 3.72. The van der Waals surface area contributed by atoms with Crippen molar-refractivity contribution in [2.45, 2.75) is 143 Å². The predicted molar refractivity (Wildman–Crippen MR) is 246 cm³/mol. The van der Waals surface area contributed by atoms with Gasteiger partial charge in [0, 0.05) is 52.2 Å². The lowest BCUT2D eigenvalue weighted by Crippen LogP contribution is -2.60. The van der Waals surface area contributed by atoms with Crippen LogP contribution in [0.4, 0.5) is 4.79 Å². The number of aliphatic hydroxyl groups excluding tert-OH is 1. The maximum Gasteiger partial charge on any atom is 0.410 e. The first kappa shape index (κ1) is 54.3. The van der Waals surface area contributed by atoms with E-state index in [1.165, 1.54) is 4.90 Å². The van der Waals surface area contributed by atoms with E-state index in [2.05, 4.69) is 17.6 Å². The number of ether oxygens (including phenoxy) is 3. The molecule has 0 heterocycles. The number of methoxy groups -OCH3 is 2. The fraction of sp³-hybridized carbons (Fsp3) is 0.761. The first-order valence-electron chi connectivity index (χ1n) is 22.2. The molecule has 0 saturated heterocycles. The molecule has 3 unspecified atom stereocenters. The van der Waals surface area contributed by atoms with Crippen molar-refractivity contribution >= 4 is 51.2 Å². The molecule has 1 aliphatic carbocycles. The number of hydrogen-bond acceptors (Lipinski definition) is 11. The van der Waals surface area contributed by atoms with Crippen molar-refractivity contribution in [1.82, 2.24) is 20.4 Å². The lowest BCUT2D eigenvalue weighted by atomic mass is 9.79. The SMILES string of the molecule is CCCSSCCOC(=O)N(C)C(C(=O)N[C@H](C(=O)N(C)C([C@@H](C)CC)[C@@H](CC(=O)C1CCC[C@H]1[C@H](OC)[C@@H](C)C(=O)N[C@H](C)[C@@H](O)c1ccccc1)OC)C(C)C)C(C)C. The van der Waals surface area contributed by atoms with Crippen LogP contribution in [0.3, 0.4) is 0 Å². The van der Waals surface area contributed by atoms with Gasteiger partial charge in [-0.25, -0.2) is 4.79 Å². The summed E-state index contributed by atoms with van der Waals surface area (Å²) < 4.78 is 17.5. The molecule has 348 valence electrons. The Morgan fingerprint density at radius 3 is 2.03 bits per heavy atom. The number of rotatable bonds is 27. The van der Waals surface area contributed by atoms with Crippen LogP contribution in [0.15, 0.2) is 30.3 Å². The second kappa shape index (κ2) is 27.4. The maximum absolute atomic E-state index is 14.5. The van der Waals surface area contributed by atoms with Crippen LogP contribution in [-0.2, 0) is 33.4 Å². The standard InChI is InChI=1S/C46H78N4O9S2/c1-14-25-60-61-26-24-59-46(56)50(11)39(29(5)6)44(54)48-38(28(3)4)45(55)49(10)40(30(7)15-2)37(57-12)27-36(51)34-22-19-23-35(34)42(58-13)31(8)43(53)47-32(9)41(52)33-20-17-16-18-21-33/h16-18,20-21,28-32,34-35,37-42,52H,14-15,19,22-27H2,1-13H3,(H,47,53)(H,48,54)/t30-,31+,32+,34?,35+,37+,38-,39?,40?,41+,42+/m0/s1. The van der Waals surface area contributed by atoms with Crippen molar-refractivity contribution < 1.29 is 43.3 Å². The van der Waals surface area contributed by atoms with Gasteiger partial charge in [0.2, 0.25) is 17.7 Å². The molecule has 1 fully saturated rings. The van der Waals surface area contributed by atoms with Gasteiger partial charge in [0.25, 0.3) is 0 Å². The quantitative estimate of drug-likeness (QED) is 0.0607. The third-order valence-corrected chi connectivity index (χ3v) is 14.8. The lowest BCUT2D eigenvalue weighted by Gasteiger charge is -2.40. The molecule has 1 aliphatic rings. The van der Waals surface area contributed by atoms with E-state index in [1.807, 2.05) is 71.9 Å². The largest absolute Gasteiger partial charge is 0.448 e. The van der Waals surface area contributed by atoms with Crippen molar-refractivity contribution in [3.05, 3.63) is 35.9 Å². The highest BCUT2D eigenvalue weighted by Crippen LogP contribution is 2.40. The van der Waals surface area contributed by atoms with Crippen molar-refractivity contribution in [3.63, 3.8) is 0 Å². The van der Waals surface area contributed by atoms with E-state index >= 15 is 0 Å². The van der Waals surface area contributed by atoms with Gasteiger partial charge in [-0.3, -0.25) is 24.1 Å². The highest BCUT2D eigenvalue weighted by Gasteiger charge is 2.45. The molecular formula is C46H78N4O9S2. The molecule has 11 atom stereocenters. The van der Waals surface area contributed by atoms with Gasteiger partial charge in [-0.1, -0.05) is 120 Å². The zero-order valence-corrected chi connectivity index (χ0v) is 40.8. The summed E-state index contributed by atoms with van der Waals surface area (Å²) in [4.78, 5) is 72.3. The van der Waals surface area contributed by atoms with E-state index in [-0.39, 0.29) is 60.2 Å². The van der Waals surface area contributed by atoms with Crippen molar-refractivity contribution in [2.24, 2.45) is 35.5 Å². The smallest absolute Gasteiger partial charge is 0.410 e. The number of aliphatic hydroxyl groups is 1. The second-order valence-electron chi connectivity index (χ2n) is 17.4. The summed E-state index contributed by atoms with van der Waals surface area (Å²) in [6.07, 6.45) is 1.33. The molecule has 1 aromatic rings. The molecule has 4 amide bonds. The Morgan fingerprint density at radius 2 is 1.48 bits per heavy atom. The molecule has 3 N–H and O–H groups in total. The molecule has 0 spiro atoms. The summed E-state index contributed by atoms with van der Waals surface area (Å²) in [6.45, 7) is 17.4. The Morgan fingerprint density at radius 1 is 0.836 bits per heavy atom. The van der Waals surface area contributed by atoms with E-state index in [0.29, 0.717) is 24.2 Å². The zero-order valence-electron chi connectivity index (χ0n) is 39.2. The molecule has 0 bridgehead atoms. The summed E-state index contributed by atoms with van der Waals surface area (Å²) >= 11 is 0. The Labute approximate surface area is 374 Å². The zero-order chi connectivity index (χ0) is 46.0. The van der Waals surface area contributed by atoms with E-state index in [4.69, 9.17) is 14.2 Å². The van der Waals surface area contributed by atoms with Gasteiger partial charge in [0.15, 0.2) is 0 Å². The second-order valence-corrected chi connectivity index (χ2v) is 20.1. The first-order valence-corrected chi connectivity index (χ1v) is 24.7. The number of benzene rings is 1. The minimum atomic E-state index is -0.916. The van der Waals surface area contributed by atoms with E-state index in [1.54, 1.807) is 68.7 Å². The van der Waals surface area contributed by atoms with Crippen LogP contribution in [-0.4, -0.2) is 127 Å². The topological polar surface area (TPSA) is 164 Å². The molecule has 13 nitrogen and oxygen atoms in total. The Balaban J connectivity index is 2.23. The number of likely N-dealkylation sites (N-methyl/N-ethyl adjacent to an activating group) is 2. The van der Waals surface area contributed by atoms with E-state index in [0.717, 1.165) is 25.0 Å². The third kappa shape index (κ3) is 15.7. The van der Waals surface area contributed by atoms with Gasteiger partial charge in [0.05, 0.1) is 36.3 Å². The molecule has 0 radical (unpaired) electrons. The maximum atomic E-state index is 14.5. The van der Waals surface area contributed by atoms with Crippen LogP contribution in [0.1, 0.15) is 113 Å². The highest BCUT2D eigenvalue weighted by atomic mass is 33.1. The van der Waals surface area contributed by atoms with Crippen LogP contribution in [0.2, 0.25) is 0 Å². The predicted octanol–water partition coefficient (Wildman–Crippen LogP) is 7.16. The van der Waals surface area contributed by atoms with Crippen molar-refractivity contribution in [1.29, 1.82) is 0 Å². The molecule has 1 saturated carbocycles. The van der Waals surface area contributed by atoms with Gasteiger partial charge in [-0.05, 0) is 55.4 Å². The number of carbonyl (C=O) groups excluding carboxylic acids is 5. The molecule has 0 aromatic heterocycles. The minimum Gasteiger partial charge on any atom is -0.448 e. The third-order valence-electron chi connectivity index (χ3n) is 12.3. The monoisotopic (exact) mass is 895 g/mol. The van der Waals surface area contributed by atoms with Gasteiger partial charge < -0.3 is 34.9 Å². The van der Waals surface area contributed by atoms with Crippen LogP contribution in [0, 0.1) is 35.5 Å². The van der Waals surface area contributed by atoms with Crippen LogP contribution in [0.25, 0.3) is 0 Å². The fourth-order valence-electron chi connectivity index (χ4n) is 8.61. The number of hydrogen-bond donors (Lipinski definition) is 3. The molecule has 15 heteroatoms. The Kier molecular flexibility index (Phi) is 24.3. The lowest BCUT2D eigenvalue weighted by molar-refractivity contribution is -0.145. The summed E-state index contributed by atoms with van der Waals surface area (Å²) in [6, 6.07) is 6.34.